The van der Waals surface area contributed by atoms with Gasteiger partial charge in [0.05, 0.1) is 17.1 Å². The number of rotatable bonds is 5. The molecule has 0 saturated carbocycles. The van der Waals surface area contributed by atoms with E-state index < -0.39 is 5.91 Å². The van der Waals surface area contributed by atoms with E-state index in [0.29, 0.717) is 10.6 Å². The maximum atomic E-state index is 12.2. The van der Waals surface area contributed by atoms with Gasteiger partial charge in [0.25, 0.3) is 11.8 Å². The van der Waals surface area contributed by atoms with Crippen LogP contribution in [-0.4, -0.2) is 54.3 Å². The summed E-state index contributed by atoms with van der Waals surface area (Å²) < 4.78 is 0. The van der Waals surface area contributed by atoms with Gasteiger partial charge in [0.2, 0.25) is 0 Å². The molecule has 2 amide bonds. The maximum absolute atomic E-state index is 12.2. The van der Waals surface area contributed by atoms with Crippen molar-refractivity contribution in [3.05, 3.63) is 69.7 Å². The van der Waals surface area contributed by atoms with Crippen LogP contribution in [0.5, 0.6) is 0 Å². The molecule has 1 saturated heterocycles. The van der Waals surface area contributed by atoms with Crippen molar-refractivity contribution in [2.45, 2.75) is 13.0 Å². The molecule has 2 aromatic rings. The zero-order chi connectivity index (χ0) is 20.8. The lowest BCUT2D eigenvalue weighted by Crippen LogP contribution is -2.52. The molecule has 154 valence electrons. The zero-order valence-electron chi connectivity index (χ0n) is 16.2. The number of nitrogens with zero attached hydrogens (tertiary/aromatic N) is 2. The van der Waals surface area contributed by atoms with Crippen LogP contribution < -0.4 is 10.9 Å². The second kappa shape index (κ2) is 10.1. The lowest BCUT2D eigenvalue weighted by atomic mass is 10.1. The Bertz CT molecular complexity index is 869. The largest absolute Gasteiger partial charge is 0.294 e. The molecule has 1 fully saturated rings. The van der Waals surface area contributed by atoms with Crippen LogP contribution in [0.1, 0.15) is 28.9 Å². The van der Waals surface area contributed by atoms with E-state index in [2.05, 4.69) is 33.6 Å². The predicted octanol–water partition coefficient (Wildman–Crippen LogP) is 3.13. The maximum Gasteiger partial charge on any atom is 0.271 e. The first-order chi connectivity index (χ1) is 14.0. The summed E-state index contributed by atoms with van der Waals surface area (Å²) in [5.74, 6) is -0.708. The molecule has 3 rings (SSSR count). The van der Waals surface area contributed by atoms with Crippen LogP contribution in [0, 0.1) is 0 Å². The fourth-order valence-corrected chi connectivity index (χ4v) is 3.92. The number of halogens is 2. The third kappa shape index (κ3) is 5.70. The first-order valence-corrected chi connectivity index (χ1v) is 10.3. The van der Waals surface area contributed by atoms with Crippen LogP contribution in [-0.2, 0) is 4.79 Å². The van der Waals surface area contributed by atoms with Crippen LogP contribution in [0.4, 0.5) is 0 Å². The van der Waals surface area contributed by atoms with E-state index in [-0.39, 0.29) is 18.5 Å². The Hall–Kier alpha value is -2.12. The van der Waals surface area contributed by atoms with Gasteiger partial charge in [-0.3, -0.25) is 30.2 Å². The van der Waals surface area contributed by atoms with Gasteiger partial charge < -0.3 is 0 Å². The number of piperazine rings is 1. The van der Waals surface area contributed by atoms with Gasteiger partial charge >= 0.3 is 0 Å². The molecule has 1 heterocycles. The Morgan fingerprint density at radius 3 is 2.21 bits per heavy atom. The summed E-state index contributed by atoms with van der Waals surface area (Å²) in [6, 6.07) is 14.8. The van der Waals surface area contributed by atoms with Gasteiger partial charge in [-0.1, -0.05) is 53.5 Å². The Morgan fingerprint density at radius 2 is 1.55 bits per heavy atom. The van der Waals surface area contributed by atoms with Crippen molar-refractivity contribution >= 4 is 35.0 Å². The summed E-state index contributed by atoms with van der Waals surface area (Å²) in [5, 5.41) is 1.11. The predicted molar refractivity (Wildman–Crippen MR) is 115 cm³/mol. The highest BCUT2D eigenvalue weighted by molar-refractivity contribution is 6.33. The Balaban J connectivity index is 1.43. The minimum atomic E-state index is -0.442. The quantitative estimate of drug-likeness (QED) is 0.709. The van der Waals surface area contributed by atoms with Gasteiger partial charge in [0.1, 0.15) is 0 Å². The highest BCUT2D eigenvalue weighted by atomic mass is 35.5. The van der Waals surface area contributed by atoms with E-state index in [9.17, 15) is 9.59 Å². The highest BCUT2D eigenvalue weighted by Gasteiger charge is 2.24. The number of benzene rings is 2. The third-order valence-corrected chi connectivity index (χ3v) is 5.78. The van der Waals surface area contributed by atoms with E-state index in [0.717, 1.165) is 36.8 Å². The van der Waals surface area contributed by atoms with Gasteiger partial charge in [0, 0.05) is 37.2 Å². The summed E-state index contributed by atoms with van der Waals surface area (Å²) in [6.07, 6.45) is 0. The van der Waals surface area contributed by atoms with E-state index >= 15 is 0 Å². The molecule has 0 radical (unpaired) electrons. The molecule has 1 aliphatic rings. The van der Waals surface area contributed by atoms with Crippen molar-refractivity contribution < 1.29 is 9.59 Å². The fourth-order valence-electron chi connectivity index (χ4n) is 3.40. The zero-order valence-corrected chi connectivity index (χ0v) is 17.7. The Labute approximate surface area is 180 Å². The molecule has 8 heteroatoms. The lowest BCUT2D eigenvalue weighted by Gasteiger charge is -2.38. The highest BCUT2D eigenvalue weighted by Crippen LogP contribution is 2.27. The van der Waals surface area contributed by atoms with Gasteiger partial charge in [0.15, 0.2) is 0 Å². The summed E-state index contributed by atoms with van der Waals surface area (Å²) >= 11 is 12.3. The average Bonchev–Trinajstić information content (AvgIpc) is 2.73. The second-order valence-electron chi connectivity index (χ2n) is 6.99. The summed E-state index contributed by atoms with van der Waals surface area (Å²) in [7, 11) is 0. The molecule has 2 aromatic carbocycles. The van der Waals surface area contributed by atoms with Crippen molar-refractivity contribution in [3.8, 4) is 0 Å². The normalized spacial score (nSPS) is 16.2. The molecule has 0 bridgehead atoms. The molecule has 1 aliphatic heterocycles. The number of amides is 2. The van der Waals surface area contributed by atoms with Crippen molar-refractivity contribution in [2.75, 3.05) is 32.7 Å². The molecule has 2 N–H and O–H groups in total. The van der Waals surface area contributed by atoms with Crippen molar-refractivity contribution in [2.24, 2.45) is 0 Å². The first-order valence-electron chi connectivity index (χ1n) is 9.50. The van der Waals surface area contributed by atoms with Crippen LogP contribution in [0.15, 0.2) is 48.5 Å². The fraction of sp³-hybridized carbons (Fsp3) is 0.333. The van der Waals surface area contributed by atoms with E-state index in [1.807, 2.05) is 18.2 Å². The third-order valence-electron chi connectivity index (χ3n) is 5.11. The number of carbonyl (C=O) groups excluding carboxylic acids is 2. The van der Waals surface area contributed by atoms with E-state index in [1.165, 1.54) is 0 Å². The van der Waals surface area contributed by atoms with Gasteiger partial charge in [-0.2, -0.15) is 0 Å². The molecule has 0 aromatic heterocycles. The topological polar surface area (TPSA) is 64.7 Å². The molecule has 1 atom stereocenters. The average molecular weight is 435 g/mol. The molecule has 1 unspecified atom stereocenters. The van der Waals surface area contributed by atoms with Gasteiger partial charge in [-0.15, -0.1) is 0 Å². The van der Waals surface area contributed by atoms with E-state index in [4.69, 9.17) is 23.2 Å². The number of hydrazine groups is 1. The van der Waals surface area contributed by atoms with E-state index in [1.54, 1.807) is 24.3 Å². The molecular weight excluding hydrogens is 411 g/mol. The first kappa shape index (κ1) is 21.6. The number of nitrogens with one attached hydrogen (secondary N) is 2. The monoisotopic (exact) mass is 434 g/mol. The second-order valence-corrected chi connectivity index (χ2v) is 7.81. The van der Waals surface area contributed by atoms with Crippen molar-refractivity contribution in [3.63, 3.8) is 0 Å². The summed E-state index contributed by atoms with van der Waals surface area (Å²) in [5.41, 5.74) is 6.29. The minimum Gasteiger partial charge on any atom is -0.294 e. The van der Waals surface area contributed by atoms with Crippen LogP contribution in [0.2, 0.25) is 10.0 Å². The number of carbonyl (C=O) groups is 2. The SMILES string of the molecule is CC(c1ccccc1Cl)N1CCN(CC(=O)NNC(=O)c2ccccc2Cl)CC1. The van der Waals surface area contributed by atoms with Crippen LogP contribution in [0.25, 0.3) is 0 Å². The molecule has 0 spiro atoms. The van der Waals surface area contributed by atoms with Crippen molar-refractivity contribution in [1.82, 2.24) is 20.7 Å². The number of hydrogen-bond donors (Lipinski definition) is 2. The minimum absolute atomic E-state index is 0.217. The lowest BCUT2D eigenvalue weighted by molar-refractivity contribution is -0.123. The molecule has 6 nitrogen and oxygen atoms in total. The standard InChI is InChI=1S/C21H24Cl2N4O2/c1-15(16-6-2-4-8-18(16)22)27-12-10-26(11-13-27)14-20(28)24-25-21(29)17-7-3-5-9-19(17)23/h2-9,15H,10-14H2,1H3,(H,24,28)(H,25,29). The van der Waals surface area contributed by atoms with Crippen molar-refractivity contribution in [1.29, 1.82) is 0 Å². The summed E-state index contributed by atoms with van der Waals surface area (Å²) in [4.78, 5) is 28.7. The van der Waals surface area contributed by atoms with Gasteiger partial charge in [-0.25, -0.2) is 0 Å². The molecule has 0 aliphatic carbocycles. The van der Waals surface area contributed by atoms with Crippen LogP contribution >= 0.6 is 23.2 Å². The Morgan fingerprint density at radius 1 is 0.931 bits per heavy atom. The molecule has 29 heavy (non-hydrogen) atoms. The Kier molecular flexibility index (Phi) is 7.50. The molecular formula is C21H24Cl2N4O2. The smallest absolute Gasteiger partial charge is 0.271 e. The summed E-state index contributed by atoms with van der Waals surface area (Å²) in [6.45, 7) is 5.57. The van der Waals surface area contributed by atoms with Crippen LogP contribution in [0.3, 0.4) is 0 Å². The number of hydrogen-bond acceptors (Lipinski definition) is 4. The van der Waals surface area contributed by atoms with Gasteiger partial charge in [-0.05, 0) is 30.7 Å².